The third-order valence-electron chi connectivity index (χ3n) is 1.57. The number of rotatable bonds is 5. The second-order valence-corrected chi connectivity index (χ2v) is 4.19. The summed E-state index contributed by atoms with van der Waals surface area (Å²) in [5, 5.41) is 8.58. The van der Waals surface area contributed by atoms with Crippen LogP contribution in [0.4, 0.5) is 0 Å². The highest BCUT2D eigenvalue weighted by Crippen LogP contribution is 2.17. The molecule has 0 atom stereocenters. The minimum Gasteiger partial charge on any atom is -0.478 e. The van der Waals surface area contributed by atoms with Crippen LogP contribution < -0.4 is 0 Å². The summed E-state index contributed by atoms with van der Waals surface area (Å²) in [6.07, 6.45) is 8.87. The van der Waals surface area contributed by atoms with Crippen molar-refractivity contribution in [2.75, 3.05) is 5.75 Å². The molecule has 0 radical (unpaired) electrons. The number of aliphatic carboxylic acids is 1. The molecule has 0 saturated heterocycles. The molecule has 0 heterocycles. The fraction of sp³-hybridized carbons (Fsp3) is 0.250. The van der Waals surface area contributed by atoms with Gasteiger partial charge >= 0.3 is 5.97 Å². The van der Waals surface area contributed by atoms with Crippen LogP contribution in [-0.2, 0) is 4.79 Å². The summed E-state index contributed by atoms with van der Waals surface area (Å²) in [5.74, 6) is 1.94. The number of allylic oxidation sites excluding steroid dienone is 4. The van der Waals surface area contributed by atoms with Crippen molar-refractivity contribution < 1.29 is 9.90 Å². The Hall–Kier alpha value is -1.40. The summed E-state index contributed by atoms with van der Waals surface area (Å²) in [5.41, 5.74) is 1.04. The first-order chi connectivity index (χ1) is 6.97. The molecule has 0 saturated carbocycles. The molecule has 0 aliphatic carbocycles. The van der Waals surface area contributed by atoms with Gasteiger partial charge in [-0.1, -0.05) is 24.7 Å². The summed E-state index contributed by atoms with van der Waals surface area (Å²) in [4.78, 5) is 11.5. The van der Waals surface area contributed by atoms with Gasteiger partial charge in [0.2, 0.25) is 0 Å². The first-order valence-electron chi connectivity index (χ1n) is 4.33. The van der Waals surface area contributed by atoms with Gasteiger partial charge in [-0.15, -0.1) is 18.2 Å². The van der Waals surface area contributed by atoms with E-state index in [2.05, 4.69) is 12.5 Å². The summed E-state index contributed by atoms with van der Waals surface area (Å²) < 4.78 is 0. The van der Waals surface area contributed by atoms with Crippen molar-refractivity contribution in [3.8, 4) is 12.3 Å². The average molecular weight is 222 g/mol. The summed E-state index contributed by atoms with van der Waals surface area (Å²) in [6, 6.07) is 0. The lowest BCUT2D eigenvalue weighted by Gasteiger charge is -2.00. The number of hydrogen-bond donors (Lipinski definition) is 1. The predicted molar refractivity (Wildman–Crippen MR) is 65.6 cm³/mol. The minimum atomic E-state index is -0.953. The lowest BCUT2D eigenvalue weighted by atomic mass is 10.3. The fourth-order valence-corrected chi connectivity index (χ4v) is 1.29. The van der Waals surface area contributed by atoms with Crippen LogP contribution in [0.3, 0.4) is 0 Å². The zero-order valence-electron chi connectivity index (χ0n) is 8.91. The van der Waals surface area contributed by atoms with E-state index < -0.39 is 5.97 Å². The molecule has 0 fully saturated rings. The van der Waals surface area contributed by atoms with Crippen molar-refractivity contribution >= 4 is 17.7 Å². The van der Waals surface area contributed by atoms with Crippen LogP contribution >= 0.6 is 11.8 Å². The summed E-state index contributed by atoms with van der Waals surface area (Å²) in [6.45, 7) is 7.18. The third-order valence-corrected chi connectivity index (χ3v) is 2.66. The largest absolute Gasteiger partial charge is 0.478 e. The standard InChI is InChI=1S/C12H14O2S/c1-5-9(2)6-7-11(4)15-8-10(3)12(13)14/h1,6-7H,3,8H2,2,4H3,(H,13,14)/b9-6-,11-7+. The molecule has 0 aromatic rings. The molecule has 3 heteroatoms. The van der Waals surface area contributed by atoms with Crippen LogP contribution in [0.25, 0.3) is 0 Å². The van der Waals surface area contributed by atoms with Gasteiger partial charge in [-0.05, 0) is 24.3 Å². The van der Waals surface area contributed by atoms with Gasteiger partial charge < -0.3 is 5.11 Å². The highest BCUT2D eigenvalue weighted by Gasteiger charge is 2.03. The van der Waals surface area contributed by atoms with Gasteiger partial charge in [0.25, 0.3) is 0 Å². The average Bonchev–Trinajstić information content (AvgIpc) is 2.21. The number of carboxylic acid groups (broad SMARTS) is 1. The van der Waals surface area contributed by atoms with Crippen molar-refractivity contribution in [2.24, 2.45) is 0 Å². The maximum atomic E-state index is 10.5. The normalized spacial score (nSPS) is 12.1. The lowest BCUT2D eigenvalue weighted by Crippen LogP contribution is -2.00. The highest BCUT2D eigenvalue weighted by atomic mass is 32.2. The second kappa shape index (κ2) is 6.97. The van der Waals surface area contributed by atoms with Gasteiger partial charge in [0.05, 0.1) is 0 Å². The Morgan fingerprint density at radius 1 is 1.53 bits per heavy atom. The molecule has 0 aliphatic heterocycles. The van der Waals surface area contributed by atoms with E-state index >= 15 is 0 Å². The van der Waals surface area contributed by atoms with E-state index in [9.17, 15) is 4.79 Å². The number of terminal acetylenes is 1. The second-order valence-electron chi connectivity index (χ2n) is 2.97. The van der Waals surface area contributed by atoms with Crippen LogP contribution in [0.1, 0.15) is 13.8 Å². The summed E-state index contributed by atoms with van der Waals surface area (Å²) >= 11 is 1.43. The van der Waals surface area contributed by atoms with Crippen molar-refractivity contribution in [1.29, 1.82) is 0 Å². The topological polar surface area (TPSA) is 37.3 Å². The summed E-state index contributed by atoms with van der Waals surface area (Å²) in [7, 11) is 0. The van der Waals surface area contributed by atoms with E-state index in [1.807, 2.05) is 26.0 Å². The molecule has 2 nitrogen and oxygen atoms in total. The Kier molecular flexibility index (Phi) is 6.32. The Balaban J connectivity index is 4.17. The minimum absolute atomic E-state index is 0.199. The molecule has 15 heavy (non-hydrogen) atoms. The lowest BCUT2D eigenvalue weighted by molar-refractivity contribution is -0.132. The highest BCUT2D eigenvalue weighted by molar-refractivity contribution is 8.03. The molecule has 0 rings (SSSR count). The van der Waals surface area contributed by atoms with Crippen LogP contribution in [-0.4, -0.2) is 16.8 Å². The van der Waals surface area contributed by atoms with E-state index in [0.29, 0.717) is 5.75 Å². The van der Waals surface area contributed by atoms with Crippen molar-refractivity contribution in [3.05, 3.63) is 34.8 Å². The van der Waals surface area contributed by atoms with Crippen molar-refractivity contribution in [2.45, 2.75) is 13.8 Å². The van der Waals surface area contributed by atoms with E-state index in [-0.39, 0.29) is 5.57 Å². The van der Waals surface area contributed by atoms with Gasteiger partial charge in [0, 0.05) is 11.3 Å². The molecule has 1 N–H and O–H groups in total. The number of thioether (sulfide) groups is 1. The Labute approximate surface area is 94.8 Å². The molecule has 0 spiro atoms. The first-order valence-corrected chi connectivity index (χ1v) is 5.31. The van der Waals surface area contributed by atoms with E-state index in [1.165, 1.54) is 11.8 Å². The van der Waals surface area contributed by atoms with Gasteiger partial charge in [0.1, 0.15) is 0 Å². The molecule has 0 unspecified atom stereocenters. The van der Waals surface area contributed by atoms with Gasteiger partial charge in [0.15, 0.2) is 0 Å². The van der Waals surface area contributed by atoms with Gasteiger partial charge in [-0.3, -0.25) is 0 Å². The van der Waals surface area contributed by atoms with Crippen LogP contribution in [0.2, 0.25) is 0 Å². The van der Waals surface area contributed by atoms with Crippen molar-refractivity contribution in [1.82, 2.24) is 0 Å². The monoisotopic (exact) mass is 222 g/mol. The van der Waals surface area contributed by atoms with E-state index in [1.54, 1.807) is 0 Å². The molecule has 0 amide bonds. The van der Waals surface area contributed by atoms with Gasteiger partial charge in [-0.2, -0.15) is 0 Å². The third kappa shape index (κ3) is 6.64. The molecule has 0 aliphatic rings. The zero-order chi connectivity index (χ0) is 11.8. The zero-order valence-corrected chi connectivity index (χ0v) is 9.73. The molecule has 0 aromatic heterocycles. The Morgan fingerprint density at radius 3 is 2.60 bits per heavy atom. The fourth-order valence-electron chi connectivity index (χ4n) is 0.601. The van der Waals surface area contributed by atoms with E-state index in [4.69, 9.17) is 11.5 Å². The number of hydrogen-bond acceptors (Lipinski definition) is 2. The van der Waals surface area contributed by atoms with Crippen molar-refractivity contribution in [3.63, 3.8) is 0 Å². The maximum absolute atomic E-state index is 10.5. The Morgan fingerprint density at radius 2 is 2.13 bits per heavy atom. The molecule has 0 bridgehead atoms. The molecule has 0 aromatic carbocycles. The number of carboxylic acids is 1. The maximum Gasteiger partial charge on any atom is 0.331 e. The quantitative estimate of drug-likeness (QED) is 0.441. The molecular weight excluding hydrogens is 208 g/mol. The number of carbonyl (C=O) groups is 1. The molecular formula is C12H14O2S. The Bertz CT molecular complexity index is 356. The smallest absolute Gasteiger partial charge is 0.331 e. The first kappa shape index (κ1) is 13.6. The molecule has 80 valence electrons. The SMILES string of the molecule is C#C/C(C)=C\C=C(/C)SCC(=C)C(=O)O. The van der Waals surface area contributed by atoms with Gasteiger partial charge in [-0.25, -0.2) is 4.79 Å². The van der Waals surface area contributed by atoms with E-state index in [0.717, 1.165) is 10.5 Å². The van der Waals surface area contributed by atoms with Crippen LogP contribution in [0.5, 0.6) is 0 Å². The predicted octanol–water partition coefficient (Wildman–Crippen LogP) is 2.84. The van der Waals surface area contributed by atoms with Crippen LogP contribution in [0.15, 0.2) is 34.8 Å². The van der Waals surface area contributed by atoms with Crippen LogP contribution in [0, 0.1) is 12.3 Å².